The molecule has 1 aromatic carbocycles. The topological polar surface area (TPSA) is 88.8 Å². The van der Waals surface area contributed by atoms with E-state index in [-0.39, 0.29) is 41.8 Å². The number of carbonyl (C=O) groups is 1. The van der Waals surface area contributed by atoms with Crippen LogP contribution in [0.3, 0.4) is 0 Å². The number of halogens is 6. The van der Waals surface area contributed by atoms with Gasteiger partial charge in [-0.05, 0) is 24.6 Å². The number of benzene rings is 1. The molecule has 1 aliphatic heterocycles. The minimum Gasteiger partial charge on any atom is -0.490 e. The Morgan fingerprint density at radius 2 is 1.67 bits per heavy atom. The van der Waals surface area contributed by atoms with E-state index < -0.39 is 35.0 Å². The highest BCUT2D eigenvalue weighted by molar-refractivity contribution is 5.89. The number of carboxylic acids is 1. The van der Waals surface area contributed by atoms with Crippen LogP contribution < -0.4 is 10.3 Å². The van der Waals surface area contributed by atoms with Gasteiger partial charge in [-0.3, -0.25) is 9.59 Å². The van der Waals surface area contributed by atoms with E-state index >= 15 is 0 Å². The van der Waals surface area contributed by atoms with E-state index in [1.807, 2.05) is 0 Å². The molecule has 0 bridgehead atoms. The first-order valence-corrected chi connectivity index (χ1v) is 8.54. The highest BCUT2D eigenvalue weighted by atomic mass is 19.4. The monoisotopic (exact) mass is 441 g/mol. The van der Waals surface area contributed by atoms with Crippen LogP contribution in [0.25, 0.3) is 10.9 Å². The summed E-state index contributed by atoms with van der Waals surface area (Å²) in [5.74, 6) is -1.06. The van der Waals surface area contributed by atoms with Gasteiger partial charge in [-0.2, -0.15) is 26.3 Å². The maximum absolute atomic E-state index is 13.1. The second-order valence-corrected chi connectivity index (χ2v) is 6.49. The summed E-state index contributed by atoms with van der Waals surface area (Å²) < 4.78 is 85.1. The van der Waals surface area contributed by atoms with Crippen LogP contribution >= 0.6 is 0 Å². The molecule has 0 spiro atoms. The number of carboxylic acid groups (broad SMARTS) is 1. The van der Waals surface area contributed by atoms with Crippen molar-refractivity contribution in [3.63, 3.8) is 0 Å². The van der Waals surface area contributed by atoms with Gasteiger partial charge in [0.25, 0.3) is 11.2 Å². The fraction of sp³-hybridized carbons (Fsp3) is 0.444. The van der Waals surface area contributed by atoms with Crippen LogP contribution in [0.5, 0.6) is 5.75 Å². The van der Waals surface area contributed by atoms with E-state index in [1.165, 1.54) is 11.5 Å². The molecule has 0 saturated heterocycles. The number of nitrogens with zero attached hydrogens (tertiary/aromatic N) is 1. The maximum Gasteiger partial charge on any atom is 0.430 e. The molecule has 0 amide bonds. The Bertz CT molecular complexity index is 1010. The molecule has 1 aromatic heterocycles. The summed E-state index contributed by atoms with van der Waals surface area (Å²) in [6.07, 6.45) is -11.8. The lowest BCUT2D eigenvalue weighted by Gasteiger charge is -2.33. The van der Waals surface area contributed by atoms with Crippen molar-refractivity contribution in [2.75, 3.05) is 6.61 Å². The molecule has 2 heterocycles. The van der Waals surface area contributed by atoms with Crippen LogP contribution in [0.15, 0.2) is 23.0 Å². The van der Waals surface area contributed by atoms with E-state index in [1.54, 1.807) is 6.92 Å². The number of hydrogen-bond acceptors (Lipinski definition) is 4. The lowest BCUT2D eigenvalue weighted by molar-refractivity contribution is -0.376. The summed E-state index contributed by atoms with van der Waals surface area (Å²) in [5.41, 5.74) is -6.63. The Morgan fingerprint density at radius 3 is 2.13 bits per heavy atom. The van der Waals surface area contributed by atoms with Gasteiger partial charge in [-0.15, -0.1) is 0 Å². The van der Waals surface area contributed by atoms with Gasteiger partial charge < -0.3 is 19.5 Å². The minimum atomic E-state index is -6.00. The molecule has 30 heavy (non-hydrogen) atoms. The first kappa shape index (κ1) is 23.5. The highest BCUT2D eigenvalue weighted by Crippen LogP contribution is 2.51. The Labute approximate surface area is 165 Å². The van der Waals surface area contributed by atoms with E-state index in [0.717, 1.165) is 6.07 Å². The van der Waals surface area contributed by atoms with Gasteiger partial charge in [0, 0.05) is 23.4 Å². The highest BCUT2D eigenvalue weighted by Gasteiger charge is 2.71. The fourth-order valence-electron chi connectivity index (χ4n) is 2.91. The van der Waals surface area contributed by atoms with Crippen molar-refractivity contribution < 1.29 is 46.1 Å². The van der Waals surface area contributed by atoms with Crippen molar-refractivity contribution in [1.82, 2.24) is 4.57 Å². The number of rotatable bonds is 2. The molecule has 2 aromatic rings. The van der Waals surface area contributed by atoms with Crippen molar-refractivity contribution >= 4 is 16.9 Å². The van der Waals surface area contributed by atoms with Crippen LogP contribution in [0, 0.1) is 6.92 Å². The molecule has 1 aliphatic rings. The second kappa shape index (κ2) is 7.82. The predicted octanol–water partition coefficient (Wildman–Crippen LogP) is 3.50. The Balaban J connectivity index is 0.000000575. The second-order valence-electron chi connectivity index (χ2n) is 6.49. The molecule has 6 nitrogen and oxygen atoms in total. The normalized spacial score (nSPS) is 14.0. The van der Waals surface area contributed by atoms with Crippen LogP contribution in [-0.4, -0.2) is 39.7 Å². The van der Waals surface area contributed by atoms with Gasteiger partial charge in [0.1, 0.15) is 12.4 Å². The van der Waals surface area contributed by atoms with Crippen molar-refractivity contribution in [3.8, 4) is 5.75 Å². The Kier molecular flexibility index (Phi) is 6.13. The number of alkyl halides is 6. The smallest absolute Gasteiger partial charge is 0.430 e. The molecule has 0 atom stereocenters. The van der Waals surface area contributed by atoms with E-state index in [4.69, 9.17) is 9.84 Å². The average Bonchev–Trinajstić information content (AvgIpc) is 2.63. The summed E-state index contributed by atoms with van der Waals surface area (Å²) >= 11 is 0. The average molecular weight is 441 g/mol. The number of hydrogen-bond donors (Lipinski definition) is 2. The number of aliphatic carboxylic acids is 1. The largest absolute Gasteiger partial charge is 0.490 e. The number of aliphatic hydroxyl groups is 1. The van der Waals surface area contributed by atoms with Gasteiger partial charge in [0.15, 0.2) is 0 Å². The van der Waals surface area contributed by atoms with E-state index in [2.05, 4.69) is 0 Å². The predicted molar refractivity (Wildman–Crippen MR) is 92.4 cm³/mol. The minimum absolute atomic E-state index is 0.0290. The van der Waals surface area contributed by atoms with Crippen molar-refractivity contribution in [1.29, 1.82) is 0 Å². The standard InChI is InChI=1S/C15H11F6NO3.C3H6O2/c1-7-4-11(23)22-2-3-25-10-6-8(5-9(7)12(10)22)13(24,14(16,17)18)15(19,20)21;1-2-3(4)5/h4-6,24H,2-3H2,1H3;2H2,1H3,(H,4,5). The molecule has 12 heteroatoms. The van der Waals surface area contributed by atoms with Crippen LogP contribution in [0.4, 0.5) is 26.3 Å². The summed E-state index contributed by atoms with van der Waals surface area (Å²) in [5, 5.41) is 17.3. The zero-order valence-electron chi connectivity index (χ0n) is 15.7. The number of aryl methyl sites for hydroxylation is 1. The Hall–Kier alpha value is -2.76. The maximum atomic E-state index is 13.1. The van der Waals surface area contributed by atoms with Crippen LogP contribution in [-0.2, 0) is 16.9 Å². The fourth-order valence-corrected chi connectivity index (χ4v) is 2.91. The third-order valence-corrected chi connectivity index (χ3v) is 4.49. The molecular formula is C18H17F6NO5. The molecule has 0 saturated carbocycles. The van der Waals surface area contributed by atoms with Gasteiger partial charge in [-0.1, -0.05) is 6.92 Å². The van der Waals surface area contributed by atoms with Crippen molar-refractivity contribution in [2.24, 2.45) is 0 Å². The van der Waals surface area contributed by atoms with Gasteiger partial charge in [0.05, 0.1) is 12.1 Å². The van der Waals surface area contributed by atoms with Crippen molar-refractivity contribution in [3.05, 3.63) is 39.7 Å². The van der Waals surface area contributed by atoms with E-state index in [0.29, 0.717) is 12.1 Å². The number of pyridine rings is 1. The molecular weight excluding hydrogens is 424 g/mol. The summed E-state index contributed by atoms with van der Waals surface area (Å²) in [4.78, 5) is 21.3. The molecule has 0 unspecified atom stereocenters. The summed E-state index contributed by atoms with van der Waals surface area (Å²) in [6, 6.07) is 2.19. The molecule has 0 fully saturated rings. The zero-order valence-corrected chi connectivity index (χ0v) is 15.7. The third kappa shape index (κ3) is 3.95. The molecule has 0 radical (unpaired) electrons. The summed E-state index contributed by atoms with van der Waals surface area (Å²) in [6.45, 7) is 3.00. The Morgan fingerprint density at radius 1 is 1.13 bits per heavy atom. The first-order chi connectivity index (χ1) is 13.6. The third-order valence-electron chi connectivity index (χ3n) is 4.49. The van der Waals surface area contributed by atoms with Gasteiger partial charge in [0.2, 0.25) is 0 Å². The quantitative estimate of drug-likeness (QED) is 0.697. The van der Waals surface area contributed by atoms with Crippen LogP contribution in [0.2, 0.25) is 0 Å². The van der Waals surface area contributed by atoms with Crippen molar-refractivity contribution in [2.45, 2.75) is 44.8 Å². The molecule has 3 rings (SSSR count). The molecule has 2 N–H and O–H groups in total. The lowest BCUT2D eigenvalue weighted by Crippen LogP contribution is -2.54. The first-order valence-electron chi connectivity index (χ1n) is 8.54. The molecule has 166 valence electrons. The lowest BCUT2D eigenvalue weighted by atomic mass is 9.90. The SMILES string of the molecule is CCC(=O)O.Cc1cc(=O)n2c3c(cc(C(O)(C(F)(F)F)C(F)(F)F)cc13)OCC2. The number of aromatic nitrogens is 1. The van der Waals surface area contributed by atoms with E-state index in [9.17, 15) is 41.0 Å². The van der Waals surface area contributed by atoms with Gasteiger partial charge >= 0.3 is 18.3 Å². The molecule has 0 aliphatic carbocycles. The summed E-state index contributed by atoms with van der Waals surface area (Å²) in [7, 11) is 0. The van der Waals surface area contributed by atoms with Crippen LogP contribution in [0.1, 0.15) is 24.5 Å². The van der Waals surface area contributed by atoms with Gasteiger partial charge in [-0.25, -0.2) is 0 Å². The zero-order chi connectivity index (χ0) is 23.1. The number of ether oxygens (including phenoxy) is 1.